The van der Waals surface area contributed by atoms with Gasteiger partial charge in [0, 0.05) is 6.54 Å². The topological polar surface area (TPSA) is 32.7 Å². The zero-order valence-corrected chi connectivity index (χ0v) is 14.3. The fourth-order valence-electron chi connectivity index (χ4n) is 3.86. The molecule has 0 aromatic heterocycles. The summed E-state index contributed by atoms with van der Waals surface area (Å²) in [6, 6.07) is 20.1. The molecule has 2 aromatic rings. The van der Waals surface area contributed by atoms with Crippen LogP contribution in [0.25, 0.3) is 0 Å². The molecule has 0 N–H and O–H groups in total. The summed E-state index contributed by atoms with van der Waals surface area (Å²) in [5.41, 5.74) is 0.752. The Morgan fingerprint density at radius 3 is 2.29 bits per heavy atom. The molecule has 2 bridgehead atoms. The van der Waals surface area contributed by atoms with E-state index in [0.29, 0.717) is 11.7 Å². The molecule has 0 saturated carbocycles. The lowest BCUT2D eigenvalue weighted by Crippen LogP contribution is -2.66. The number of halogens is 1. The lowest BCUT2D eigenvalue weighted by molar-refractivity contribution is -0.148. The van der Waals surface area contributed by atoms with Crippen molar-refractivity contribution in [2.24, 2.45) is 4.99 Å². The number of carbonyl (C=O) groups excluding carboxylic acids is 1. The van der Waals surface area contributed by atoms with Crippen molar-refractivity contribution in [1.82, 2.24) is 4.90 Å². The van der Waals surface area contributed by atoms with Crippen LogP contribution in [0.1, 0.15) is 30.9 Å². The molecule has 1 saturated heterocycles. The van der Waals surface area contributed by atoms with Crippen molar-refractivity contribution in [1.29, 1.82) is 0 Å². The minimum Gasteiger partial charge on any atom is -0.320 e. The molecule has 0 spiro atoms. The molecule has 1 fully saturated rings. The molecule has 3 nitrogen and oxygen atoms in total. The lowest BCUT2D eigenvalue weighted by Gasteiger charge is -2.55. The number of carbonyl (C=O) groups is 1. The lowest BCUT2D eigenvalue weighted by atomic mass is 9.72. The molecule has 5 rings (SSSR count). The van der Waals surface area contributed by atoms with Crippen LogP contribution in [-0.2, 0) is 16.9 Å². The monoisotopic (exact) mass is 338 g/mol. The first-order chi connectivity index (χ1) is 11.6. The Morgan fingerprint density at radius 2 is 1.67 bits per heavy atom. The van der Waals surface area contributed by atoms with Crippen molar-refractivity contribution < 1.29 is 4.79 Å². The maximum atomic E-state index is 13.2. The number of fused-ring (bicyclic) bond motifs is 2. The fourth-order valence-corrected chi connectivity index (χ4v) is 4.36. The molecular weight excluding hydrogens is 320 g/mol. The van der Waals surface area contributed by atoms with Gasteiger partial charge in [0.05, 0.1) is 0 Å². The average Bonchev–Trinajstić information content (AvgIpc) is 2.61. The second-order valence-corrected chi connectivity index (χ2v) is 7.14. The van der Waals surface area contributed by atoms with Gasteiger partial charge in [0.25, 0.3) is 5.91 Å². The number of hydrogen-bond donors (Lipinski definition) is 0. The summed E-state index contributed by atoms with van der Waals surface area (Å²) in [5.74, 6) is 0.0610. The van der Waals surface area contributed by atoms with Crippen LogP contribution < -0.4 is 0 Å². The standard InChI is InChI=1S/C20H19ClN2O/c1-19-12-13-20(17(21)22-19,16-10-6-3-7-11-16)23(18(19)24)14-15-8-4-2-5-9-15/h2-11H,12-14H2,1H3. The molecule has 2 aromatic carbocycles. The number of nitrogens with zero attached hydrogens (tertiary/aromatic N) is 2. The van der Waals surface area contributed by atoms with Crippen molar-refractivity contribution >= 4 is 22.7 Å². The van der Waals surface area contributed by atoms with Crippen molar-refractivity contribution in [3.05, 3.63) is 71.8 Å². The van der Waals surface area contributed by atoms with Gasteiger partial charge in [-0.25, -0.2) is 0 Å². The molecule has 2 atom stereocenters. The minimum atomic E-state index is -0.734. The van der Waals surface area contributed by atoms with Crippen LogP contribution in [0.2, 0.25) is 0 Å². The maximum absolute atomic E-state index is 13.2. The molecule has 3 heterocycles. The summed E-state index contributed by atoms with van der Waals surface area (Å²) < 4.78 is 0. The highest BCUT2D eigenvalue weighted by atomic mass is 35.5. The van der Waals surface area contributed by atoms with E-state index in [4.69, 9.17) is 11.6 Å². The van der Waals surface area contributed by atoms with E-state index in [-0.39, 0.29) is 5.91 Å². The van der Waals surface area contributed by atoms with E-state index in [1.807, 2.05) is 72.5 Å². The van der Waals surface area contributed by atoms with Gasteiger partial charge in [0.15, 0.2) is 0 Å². The largest absolute Gasteiger partial charge is 0.320 e. The van der Waals surface area contributed by atoms with Gasteiger partial charge in [0.1, 0.15) is 16.2 Å². The Bertz CT molecular complexity index is 805. The van der Waals surface area contributed by atoms with E-state index in [2.05, 4.69) is 4.99 Å². The summed E-state index contributed by atoms with van der Waals surface area (Å²) in [6.07, 6.45) is 1.52. The third kappa shape index (κ3) is 2.11. The fraction of sp³-hybridized carbons (Fsp3) is 0.300. The second kappa shape index (κ2) is 5.45. The van der Waals surface area contributed by atoms with Crippen molar-refractivity contribution in [3.63, 3.8) is 0 Å². The van der Waals surface area contributed by atoms with Crippen LogP contribution in [0.3, 0.4) is 0 Å². The van der Waals surface area contributed by atoms with Crippen molar-refractivity contribution in [2.45, 2.75) is 37.4 Å². The molecule has 4 heteroatoms. The number of rotatable bonds is 3. The number of hydrogen-bond acceptors (Lipinski definition) is 2. The van der Waals surface area contributed by atoms with Gasteiger partial charge in [-0.2, -0.15) is 0 Å². The van der Waals surface area contributed by atoms with Gasteiger partial charge >= 0.3 is 0 Å². The quantitative estimate of drug-likeness (QED) is 0.828. The Balaban J connectivity index is 1.86. The molecule has 2 unspecified atom stereocenters. The van der Waals surface area contributed by atoms with Crippen LogP contribution >= 0.6 is 11.6 Å². The first-order valence-electron chi connectivity index (χ1n) is 8.24. The normalized spacial score (nSPS) is 28.8. The second-order valence-electron chi connectivity index (χ2n) is 6.78. The van der Waals surface area contributed by atoms with Crippen LogP contribution in [0, 0.1) is 0 Å². The number of piperidine rings is 1. The van der Waals surface area contributed by atoms with Gasteiger partial charge in [-0.15, -0.1) is 0 Å². The SMILES string of the molecule is CC12CCC(c3ccccc3)(C(Cl)=N1)N(Cc1ccccc1)C2=O. The Hall–Kier alpha value is -2.13. The highest BCUT2D eigenvalue weighted by molar-refractivity contribution is 6.68. The molecule has 3 aliphatic heterocycles. The van der Waals surface area contributed by atoms with Crippen LogP contribution in [-0.4, -0.2) is 21.5 Å². The van der Waals surface area contributed by atoms with Crippen molar-refractivity contribution in [2.75, 3.05) is 0 Å². The van der Waals surface area contributed by atoms with Gasteiger partial charge in [-0.3, -0.25) is 9.79 Å². The van der Waals surface area contributed by atoms with Crippen molar-refractivity contribution in [3.8, 4) is 0 Å². The Labute approximate surface area is 147 Å². The Kier molecular flexibility index (Phi) is 3.50. The summed E-state index contributed by atoms with van der Waals surface area (Å²) >= 11 is 6.68. The van der Waals surface area contributed by atoms with E-state index in [1.54, 1.807) is 0 Å². The molecular formula is C20H19ClN2O. The van der Waals surface area contributed by atoms with Crippen LogP contribution in [0.5, 0.6) is 0 Å². The molecule has 122 valence electrons. The highest BCUT2D eigenvalue weighted by Crippen LogP contribution is 2.50. The minimum absolute atomic E-state index is 0.0610. The summed E-state index contributed by atoms with van der Waals surface area (Å²) in [5, 5.41) is 0.526. The van der Waals surface area contributed by atoms with E-state index in [9.17, 15) is 4.79 Å². The van der Waals surface area contributed by atoms with Gasteiger partial charge in [0.2, 0.25) is 0 Å². The zero-order valence-electron chi connectivity index (χ0n) is 13.6. The summed E-state index contributed by atoms with van der Waals surface area (Å²) in [4.78, 5) is 19.7. The molecule has 3 aliphatic rings. The molecule has 0 aliphatic carbocycles. The van der Waals surface area contributed by atoms with E-state index in [1.165, 1.54) is 0 Å². The summed E-state index contributed by atoms with van der Waals surface area (Å²) in [6.45, 7) is 2.43. The average molecular weight is 339 g/mol. The van der Waals surface area contributed by atoms with Gasteiger partial charge in [-0.05, 0) is 30.9 Å². The van der Waals surface area contributed by atoms with Crippen LogP contribution in [0.4, 0.5) is 0 Å². The molecule has 1 amide bonds. The van der Waals surface area contributed by atoms with Gasteiger partial charge in [-0.1, -0.05) is 72.3 Å². The number of benzene rings is 2. The van der Waals surface area contributed by atoms with E-state index < -0.39 is 11.1 Å². The van der Waals surface area contributed by atoms with Gasteiger partial charge < -0.3 is 4.90 Å². The Morgan fingerprint density at radius 1 is 1.04 bits per heavy atom. The smallest absolute Gasteiger partial charge is 0.251 e. The highest BCUT2D eigenvalue weighted by Gasteiger charge is 2.59. The third-order valence-corrected chi connectivity index (χ3v) is 5.66. The number of amides is 1. The first kappa shape index (κ1) is 15.4. The van der Waals surface area contributed by atoms with E-state index in [0.717, 1.165) is 24.0 Å². The maximum Gasteiger partial charge on any atom is 0.251 e. The zero-order chi connectivity index (χ0) is 16.8. The molecule has 24 heavy (non-hydrogen) atoms. The third-order valence-electron chi connectivity index (χ3n) is 5.26. The summed E-state index contributed by atoms with van der Waals surface area (Å²) in [7, 11) is 0. The predicted octanol–water partition coefficient (Wildman–Crippen LogP) is 4.11. The van der Waals surface area contributed by atoms with Crippen LogP contribution in [0.15, 0.2) is 65.7 Å². The number of aliphatic imine (C=N–C) groups is 1. The molecule has 0 radical (unpaired) electrons. The first-order valence-corrected chi connectivity index (χ1v) is 8.61. The predicted molar refractivity (Wildman–Crippen MR) is 96.0 cm³/mol. The van der Waals surface area contributed by atoms with E-state index >= 15 is 0 Å².